The summed E-state index contributed by atoms with van der Waals surface area (Å²) in [6, 6.07) is 69.2. The minimum Gasteiger partial charge on any atom is -0.228 e. The molecular weight excluding hydrogens is 661 g/mol. The second-order valence-electron chi connectivity index (χ2n) is 13.4. The van der Waals surface area contributed by atoms with Gasteiger partial charge in [-0.25, -0.2) is 9.97 Å². The highest BCUT2D eigenvalue weighted by atomic mass is 32.1. The van der Waals surface area contributed by atoms with Crippen molar-refractivity contribution in [3.63, 3.8) is 0 Å². The second-order valence-corrected chi connectivity index (χ2v) is 14.4. The van der Waals surface area contributed by atoms with Crippen molar-refractivity contribution in [3.05, 3.63) is 194 Å². The van der Waals surface area contributed by atoms with Crippen molar-refractivity contribution in [2.75, 3.05) is 0 Å². The predicted molar refractivity (Wildman–Crippen MR) is 225 cm³/mol. The maximum atomic E-state index is 5.35. The fourth-order valence-corrected chi connectivity index (χ4v) is 8.73. The van der Waals surface area contributed by atoms with Crippen molar-refractivity contribution in [1.29, 1.82) is 0 Å². The summed E-state index contributed by atoms with van der Waals surface area (Å²) >= 11 is 1.86. The second kappa shape index (κ2) is 13.1. The summed E-state index contributed by atoms with van der Waals surface area (Å²) in [6.07, 6.45) is 0. The Balaban J connectivity index is 1.23. The van der Waals surface area contributed by atoms with E-state index in [4.69, 9.17) is 9.97 Å². The minimum atomic E-state index is 0.697. The van der Waals surface area contributed by atoms with E-state index in [0.29, 0.717) is 5.82 Å². The van der Waals surface area contributed by atoms with E-state index < -0.39 is 0 Å². The van der Waals surface area contributed by atoms with Gasteiger partial charge in [-0.2, -0.15) is 0 Å². The van der Waals surface area contributed by atoms with Crippen LogP contribution in [0, 0.1) is 0 Å². The van der Waals surface area contributed by atoms with Crippen LogP contribution in [-0.2, 0) is 0 Å². The lowest BCUT2D eigenvalue weighted by Gasteiger charge is -2.15. The van der Waals surface area contributed by atoms with Gasteiger partial charge < -0.3 is 0 Å². The van der Waals surface area contributed by atoms with Gasteiger partial charge in [-0.15, -0.1) is 11.3 Å². The maximum absolute atomic E-state index is 5.35. The molecule has 248 valence electrons. The molecular formula is C50H32N2S. The Labute approximate surface area is 312 Å². The monoisotopic (exact) mass is 692 g/mol. The molecule has 2 heterocycles. The lowest BCUT2D eigenvalue weighted by atomic mass is 9.91. The molecule has 0 radical (unpaired) electrons. The Morgan fingerprint density at radius 1 is 0.321 bits per heavy atom. The largest absolute Gasteiger partial charge is 0.228 e. The van der Waals surface area contributed by atoms with E-state index in [1.54, 1.807) is 0 Å². The molecule has 53 heavy (non-hydrogen) atoms. The normalized spacial score (nSPS) is 11.4. The highest BCUT2D eigenvalue weighted by Gasteiger charge is 2.17. The van der Waals surface area contributed by atoms with Crippen LogP contribution in [0.2, 0.25) is 0 Å². The van der Waals surface area contributed by atoms with Crippen LogP contribution in [0.3, 0.4) is 0 Å². The molecule has 0 saturated heterocycles. The molecule has 0 fully saturated rings. The zero-order valence-corrected chi connectivity index (χ0v) is 29.6. The van der Waals surface area contributed by atoms with E-state index in [2.05, 4.69) is 182 Å². The van der Waals surface area contributed by atoms with Gasteiger partial charge >= 0.3 is 0 Å². The van der Waals surface area contributed by atoms with Gasteiger partial charge in [0.05, 0.1) is 11.4 Å². The molecule has 0 N–H and O–H groups in total. The lowest BCUT2D eigenvalue weighted by molar-refractivity contribution is 1.18. The van der Waals surface area contributed by atoms with Crippen LogP contribution < -0.4 is 0 Å². The van der Waals surface area contributed by atoms with Crippen molar-refractivity contribution < 1.29 is 0 Å². The van der Waals surface area contributed by atoms with Crippen molar-refractivity contribution in [2.45, 2.75) is 0 Å². The van der Waals surface area contributed by atoms with Gasteiger partial charge in [-0.3, -0.25) is 0 Å². The Hall–Kier alpha value is -6.68. The molecule has 2 nitrogen and oxygen atoms in total. The first-order valence-electron chi connectivity index (χ1n) is 17.9. The molecule has 0 atom stereocenters. The predicted octanol–water partition coefficient (Wildman–Crippen LogP) is 14.0. The van der Waals surface area contributed by atoms with Gasteiger partial charge in [-0.1, -0.05) is 158 Å². The topological polar surface area (TPSA) is 25.8 Å². The van der Waals surface area contributed by atoms with Gasteiger partial charge in [0, 0.05) is 36.9 Å². The first-order chi connectivity index (χ1) is 26.2. The summed E-state index contributed by atoms with van der Waals surface area (Å²) in [5.74, 6) is 0.697. The number of hydrogen-bond acceptors (Lipinski definition) is 3. The quantitative estimate of drug-likeness (QED) is 0.173. The standard InChI is InChI=1S/C50H32N2S/c1-3-14-33(15-4-1)36-20-11-21-37(28-36)50-51-46(35-17-5-2-6-18-35)32-47(52-50)40-30-38(42-24-12-19-34-16-7-8-22-41(34)42)29-39(31-40)43-25-13-26-45-44-23-9-10-27-48(44)53-49(43)45/h1-32H. The Morgan fingerprint density at radius 2 is 0.849 bits per heavy atom. The summed E-state index contributed by atoms with van der Waals surface area (Å²) in [5.41, 5.74) is 11.9. The third kappa shape index (κ3) is 5.78. The van der Waals surface area contributed by atoms with E-state index in [0.717, 1.165) is 50.3 Å². The number of thiophene rings is 1. The fourth-order valence-electron chi connectivity index (χ4n) is 7.49. The van der Waals surface area contributed by atoms with E-state index in [1.807, 2.05) is 23.5 Å². The van der Waals surface area contributed by atoms with Crippen molar-refractivity contribution in [1.82, 2.24) is 9.97 Å². The maximum Gasteiger partial charge on any atom is 0.160 e. The zero-order chi connectivity index (χ0) is 35.1. The molecule has 0 spiro atoms. The molecule has 0 aliphatic rings. The van der Waals surface area contributed by atoms with Crippen LogP contribution in [0.25, 0.3) is 98.2 Å². The zero-order valence-electron chi connectivity index (χ0n) is 28.8. The third-order valence-corrected chi connectivity index (χ3v) is 11.3. The highest BCUT2D eigenvalue weighted by molar-refractivity contribution is 7.26. The molecule has 0 bridgehead atoms. The Morgan fingerprint density at radius 3 is 1.68 bits per heavy atom. The third-order valence-electron chi connectivity index (χ3n) is 10.1. The van der Waals surface area contributed by atoms with Gasteiger partial charge in [-0.05, 0) is 80.6 Å². The van der Waals surface area contributed by atoms with Crippen LogP contribution in [0.15, 0.2) is 194 Å². The van der Waals surface area contributed by atoms with Crippen molar-refractivity contribution in [2.24, 2.45) is 0 Å². The van der Waals surface area contributed by atoms with Gasteiger partial charge in [0.25, 0.3) is 0 Å². The van der Waals surface area contributed by atoms with Gasteiger partial charge in [0.1, 0.15) is 0 Å². The number of aromatic nitrogens is 2. The summed E-state index contributed by atoms with van der Waals surface area (Å²) in [6.45, 7) is 0. The minimum absolute atomic E-state index is 0.697. The number of nitrogens with zero attached hydrogens (tertiary/aromatic N) is 2. The Bertz CT molecular complexity index is 2940. The van der Waals surface area contributed by atoms with Crippen LogP contribution in [-0.4, -0.2) is 9.97 Å². The lowest BCUT2D eigenvalue weighted by Crippen LogP contribution is -1.97. The molecule has 0 saturated carbocycles. The van der Waals surface area contributed by atoms with Crippen LogP contribution >= 0.6 is 11.3 Å². The summed E-state index contributed by atoms with van der Waals surface area (Å²) in [4.78, 5) is 10.5. The van der Waals surface area contributed by atoms with Gasteiger partial charge in [0.15, 0.2) is 5.82 Å². The summed E-state index contributed by atoms with van der Waals surface area (Å²) < 4.78 is 2.59. The summed E-state index contributed by atoms with van der Waals surface area (Å²) in [5, 5.41) is 5.03. The van der Waals surface area contributed by atoms with Crippen LogP contribution in [0.5, 0.6) is 0 Å². The van der Waals surface area contributed by atoms with Crippen molar-refractivity contribution in [3.8, 4) is 67.3 Å². The van der Waals surface area contributed by atoms with Crippen LogP contribution in [0.4, 0.5) is 0 Å². The molecule has 10 aromatic rings. The van der Waals surface area contributed by atoms with E-state index >= 15 is 0 Å². The Kier molecular flexibility index (Phi) is 7.71. The molecule has 0 aliphatic heterocycles. The van der Waals surface area contributed by atoms with Gasteiger partial charge in [0.2, 0.25) is 0 Å². The van der Waals surface area contributed by atoms with E-state index in [-0.39, 0.29) is 0 Å². The molecule has 0 aliphatic carbocycles. The highest BCUT2D eigenvalue weighted by Crippen LogP contribution is 2.43. The van der Waals surface area contributed by atoms with Crippen LogP contribution in [0.1, 0.15) is 0 Å². The summed E-state index contributed by atoms with van der Waals surface area (Å²) in [7, 11) is 0. The van der Waals surface area contributed by atoms with Crippen molar-refractivity contribution >= 4 is 42.3 Å². The SMILES string of the molecule is c1ccc(-c2cccc(-c3nc(-c4ccccc4)cc(-c4cc(-c5cccc6ccccc56)cc(-c5cccc6c5sc5ccccc56)c4)n3)c2)cc1. The first-order valence-corrected chi connectivity index (χ1v) is 18.7. The van der Waals surface area contributed by atoms with E-state index in [9.17, 15) is 0 Å². The molecule has 8 aromatic carbocycles. The molecule has 10 rings (SSSR count). The fraction of sp³-hybridized carbons (Fsp3) is 0. The molecule has 0 amide bonds. The smallest absolute Gasteiger partial charge is 0.160 e. The number of hydrogen-bond donors (Lipinski definition) is 0. The molecule has 2 aromatic heterocycles. The van der Waals surface area contributed by atoms with E-state index in [1.165, 1.54) is 42.1 Å². The number of benzene rings is 8. The average molecular weight is 693 g/mol. The number of rotatable bonds is 6. The first kappa shape index (κ1) is 31.1. The molecule has 3 heteroatoms. The average Bonchev–Trinajstić information content (AvgIpc) is 3.63. The molecule has 0 unspecified atom stereocenters. The number of fused-ring (bicyclic) bond motifs is 4.